The van der Waals surface area contributed by atoms with Crippen LogP contribution in [-0.4, -0.2) is 22.8 Å². The van der Waals surface area contributed by atoms with Gasteiger partial charge in [0.25, 0.3) is 0 Å². The third kappa shape index (κ3) is 3.47. The number of benzene rings is 1. The van der Waals surface area contributed by atoms with Gasteiger partial charge in [-0.3, -0.25) is 0 Å². The zero-order chi connectivity index (χ0) is 16.1. The molecule has 0 aliphatic heterocycles. The largest absolute Gasteiger partial charge is 0.378 e. The highest BCUT2D eigenvalue weighted by atomic mass is 16.1. The van der Waals surface area contributed by atoms with Crippen LogP contribution in [0.5, 0.6) is 0 Å². The number of anilines is 1. The quantitative estimate of drug-likeness (QED) is 0.652. The Labute approximate surface area is 130 Å². The van der Waals surface area contributed by atoms with Crippen LogP contribution in [0.1, 0.15) is 18.3 Å². The molecule has 0 atom stereocenters. The van der Waals surface area contributed by atoms with Crippen LogP contribution in [0.3, 0.4) is 0 Å². The van der Waals surface area contributed by atoms with Gasteiger partial charge in [-0.15, -0.1) is 0 Å². The summed E-state index contributed by atoms with van der Waals surface area (Å²) in [6.07, 6.45) is 4.42. The molecule has 1 heterocycles. The van der Waals surface area contributed by atoms with Crippen molar-refractivity contribution in [3.8, 4) is 11.1 Å². The topological polar surface area (TPSA) is 54.9 Å². The molecule has 0 saturated heterocycles. The van der Waals surface area contributed by atoms with Crippen LogP contribution >= 0.6 is 0 Å². The molecule has 4 heteroatoms. The second kappa shape index (κ2) is 6.80. The fourth-order valence-corrected chi connectivity index (χ4v) is 2.05. The molecule has 0 unspecified atom stereocenters. The number of hydrogen-bond donors (Lipinski definition) is 1. The maximum absolute atomic E-state index is 10.6. The van der Waals surface area contributed by atoms with E-state index < -0.39 is 0 Å². The highest BCUT2D eigenvalue weighted by Gasteiger charge is 2.09. The summed E-state index contributed by atoms with van der Waals surface area (Å²) in [5.74, 6) is 0.736. The van der Waals surface area contributed by atoms with Gasteiger partial charge in [0.2, 0.25) is 0 Å². The molecule has 0 fully saturated rings. The lowest BCUT2D eigenvalue weighted by Crippen LogP contribution is -2.05. The number of aromatic nitrogens is 2. The molecule has 1 aromatic carbocycles. The zero-order valence-electron chi connectivity index (χ0n) is 12.9. The van der Waals surface area contributed by atoms with E-state index in [-0.39, 0.29) is 6.54 Å². The minimum absolute atomic E-state index is 0.253. The van der Waals surface area contributed by atoms with Crippen LogP contribution in [-0.2, 0) is 4.79 Å². The molecule has 112 valence electrons. The Morgan fingerprint density at radius 3 is 2.50 bits per heavy atom. The Morgan fingerprint density at radius 2 is 1.91 bits per heavy atom. The summed E-state index contributed by atoms with van der Waals surface area (Å²) in [6, 6.07) is 5.91. The van der Waals surface area contributed by atoms with Crippen LogP contribution in [0.4, 0.5) is 5.69 Å². The fourth-order valence-electron chi connectivity index (χ4n) is 2.05. The van der Waals surface area contributed by atoms with Crippen molar-refractivity contribution in [1.82, 2.24) is 9.97 Å². The maximum atomic E-state index is 10.6. The van der Waals surface area contributed by atoms with Gasteiger partial charge in [-0.2, -0.15) is 0 Å². The van der Waals surface area contributed by atoms with Gasteiger partial charge in [0.1, 0.15) is 12.1 Å². The predicted octanol–water partition coefficient (Wildman–Crippen LogP) is 3.65. The molecule has 1 N–H and O–H groups in total. The minimum atomic E-state index is 0.253. The number of carbonyl (C=O) groups excluding carboxylic acids is 1. The first kappa shape index (κ1) is 15.6. The standard InChI is InChI=1S/C18H19N3O/c1-12(2)13(3)17-9-15(5-6-18(17)19-7-8-22)16-10-20-14(4)21-11-16/h5-6,8-11,19H,1,3,7H2,2,4H3. The summed E-state index contributed by atoms with van der Waals surface area (Å²) in [5, 5.41) is 3.09. The van der Waals surface area contributed by atoms with Crippen molar-refractivity contribution in [2.45, 2.75) is 13.8 Å². The molecular weight excluding hydrogens is 274 g/mol. The number of carbonyl (C=O) groups is 1. The maximum Gasteiger partial charge on any atom is 0.139 e. The summed E-state index contributed by atoms with van der Waals surface area (Å²) in [5.41, 5.74) is 5.43. The average Bonchev–Trinajstić information content (AvgIpc) is 2.52. The second-order valence-electron chi connectivity index (χ2n) is 5.09. The fraction of sp³-hybridized carbons (Fsp3) is 0.167. The van der Waals surface area contributed by atoms with Gasteiger partial charge >= 0.3 is 0 Å². The van der Waals surface area contributed by atoms with E-state index in [1.54, 1.807) is 12.4 Å². The summed E-state index contributed by atoms with van der Waals surface area (Å²) in [4.78, 5) is 19.0. The molecule has 0 saturated carbocycles. The van der Waals surface area contributed by atoms with Gasteiger partial charge < -0.3 is 10.1 Å². The van der Waals surface area contributed by atoms with Crippen LogP contribution in [0, 0.1) is 6.92 Å². The summed E-state index contributed by atoms with van der Waals surface area (Å²) < 4.78 is 0. The Bertz CT molecular complexity index is 718. The summed E-state index contributed by atoms with van der Waals surface area (Å²) >= 11 is 0. The highest BCUT2D eigenvalue weighted by molar-refractivity contribution is 5.86. The van der Waals surface area contributed by atoms with Crippen LogP contribution in [0.15, 0.2) is 49.3 Å². The molecule has 4 nitrogen and oxygen atoms in total. The van der Waals surface area contributed by atoms with Gasteiger partial charge in [-0.1, -0.05) is 24.8 Å². The van der Waals surface area contributed by atoms with E-state index in [1.165, 1.54) is 0 Å². The first-order valence-corrected chi connectivity index (χ1v) is 6.98. The Kier molecular flexibility index (Phi) is 4.84. The molecule has 22 heavy (non-hydrogen) atoms. The summed E-state index contributed by atoms with van der Waals surface area (Å²) in [7, 11) is 0. The van der Waals surface area contributed by atoms with Crippen molar-refractivity contribution in [1.29, 1.82) is 0 Å². The molecule has 0 aliphatic carbocycles. The Balaban J connectivity index is 2.48. The van der Waals surface area contributed by atoms with E-state index in [4.69, 9.17) is 0 Å². The third-order valence-corrected chi connectivity index (χ3v) is 3.35. The molecular formula is C18H19N3O. The van der Waals surface area contributed by atoms with Gasteiger partial charge in [0, 0.05) is 29.2 Å². The van der Waals surface area contributed by atoms with Crippen LogP contribution < -0.4 is 5.32 Å². The first-order chi connectivity index (χ1) is 10.5. The van der Waals surface area contributed by atoms with Crippen LogP contribution in [0.25, 0.3) is 16.7 Å². The lowest BCUT2D eigenvalue weighted by Gasteiger charge is -2.15. The van der Waals surface area contributed by atoms with Gasteiger partial charge in [0.15, 0.2) is 0 Å². The average molecular weight is 293 g/mol. The molecule has 0 spiro atoms. The number of nitrogens with one attached hydrogen (secondary N) is 1. The first-order valence-electron chi connectivity index (χ1n) is 6.98. The molecule has 0 amide bonds. The van der Waals surface area contributed by atoms with E-state index >= 15 is 0 Å². The smallest absolute Gasteiger partial charge is 0.139 e. The molecule has 2 rings (SSSR count). The van der Waals surface area contributed by atoms with E-state index in [1.807, 2.05) is 32.0 Å². The van der Waals surface area contributed by atoms with Crippen molar-refractivity contribution in [3.63, 3.8) is 0 Å². The zero-order valence-corrected chi connectivity index (χ0v) is 12.9. The Morgan fingerprint density at radius 1 is 1.23 bits per heavy atom. The number of nitrogens with zero attached hydrogens (tertiary/aromatic N) is 2. The Hall–Kier alpha value is -2.75. The predicted molar refractivity (Wildman–Crippen MR) is 90.6 cm³/mol. The number of rotatable bonds is 6. The lowest BCUT2D eigenvalue weighted by molar-refractivity contribution is -0.106. The number of hydrogen-bond acceptors (Lipinski definition) is 4. The van der Waals surface area contributed by atoms with E-state index in [0.717, 1.165) is 45.6 Å². The summed E-state index contributed by atoms with van der Waals surface area (Å²) in [6.45, 7) is 12.0. The second-order valence-corrected chi connectivity index (χ2v) is 5.09. The van der Waals surface area contributed by atoms with E-state index in [9.17, 15) is 4.79 Å². The molecule has 0 radical (unpaired) electrons. The van der Waals surface area contributed by atoms with Gasteiger partial charge in [-0.25, -0.2) is 9.97 Å². The van der Waals surface area contributed by atoms with E-state index in [0.29, 0.717) is 0 Å². The van der Waals surface area contributed by atoms with Crippen molar-refractivity contribution < 1.29 is 4.79 Å². The minimum Gasteiger partial charge on any atom is -0.378 e. The number of allylic oxidation sites excluding steroid dienone is 2. The van der Waals surface area contributed by atoms with Crippen molar-refractivity contribution in [3.05, 3.63) is 60.7 Å². The monoisotopic (exact) mass is 293 g/mol. The van der Waals surface area contributed by atoms with E-state index in [2.05, 4.69) is 28.4 Å². The number of aryl methyl sites for hydroxylation is 1. The highest BCUT2D eigenvalue weighted by Crippen LogP contribution is 2.31. The number of aldehydes is 1. The molecule has 0 aliphatic rings. The van der Waals surface area contributed by atoms with Gasteiger partial charge in [0.05, 0.1) is 6.54 Å². The SMILES string of the molecule is C=C(C)C(=C)c1cc(-c2cnc(C)nc2)ccc1NCC=O. The van der Waals surface area contributed by atoms with Crippen molar-refractivity contribution in [2.75, 3.05) is 11.9 Å². The molecule has 2 aromatic rings. The molecule has 0 bridgehead atoms. The van der Waals surface area contributed by atoms with Gasteiger partial charge in [-0.05, 0) is 37.1 Å². The normalized spacial score (nSPS) is 10.1. The lowest BCUT2D eigenvalue weighted by atomic mass is 9.96. The van der Waals surface area contributed by atoms with Crippen molar-refractivity contribution in [2.24, 2.45) is 0 Å². The van der Waals surface area contributed by atoms with Crippen LogP contribution in [0.2, 0.25) is 0 Å². The third-order valence-electron chi connectivity index (χ3n) is 3.35. The molecule has 1 aromatic heterocycles. The van der Waals surface area contributed by atoms with Crippen molar-refractivity contribution >= 4 is 17.5 Å².